The zero-order valence-corrected chi connectivity index (χ0v) is 10.0. The van der Waals surface area contributed by atoms with E-state index >= 15 is 0 Å². The van der Waals surface area contributed by atoms with Crippen molar-refractivity contribution in [1.82, 2.24) is 5.43 Å². The Bertz CT molecular complexity index is 466. The minimum atomic E-state index is -0.666. The summed E-state index contributed by atoms with van der Waals surface area (Å²) in [7, 11) is 0. The van der Waals surface area contributed by atoms with Gasteiger partial charge in [0.1, 0.15) is 5.83 Å². The fraction of sp³-hybridized carbons (Fsp3) is 0.417. The standard InChI is InChI=1S/C12H15F2N3O/c1-7-5-11(16-6-10(7)17-15)18-12-8(13)3-2-4-9(12)14/h3,6-7,17H,2,4-5,15H2,1H3. The van der Waals surface area contributed by atoms with Gasteiger partial charge in [0, 0.05) is 24.5 Å². The summed E-state index contributed by atoms with van der Waals surface area (Å²) in [5, 5.41) is 0. The van der Waals surface area contributed by atoms with Gasteiger partial charge >= 0.3 is 0 Å². The van der Waals surface area contributed by atoms with Gasteiger partial charge in [-0.05, 0) is 12.5 Å². The molecule has 0 aromatic heterocycles. The van der Waals surface area contributed by atoms with Gasteiger partial charge in [0.25, 0.3) is 0 Å². The fourth-order valence-corrected chi connectivity index (χ4v) is 1.82. The third kappa shape index (κ3) is 2.59. The van der Waals surface area contributed by atoms with Crippen molar-refractivity contribution in [2.24, 2.45) is 16.8 Å². The van der Waals surface area contributed by atoms with E-state index in [0.717, 1.165) is 5.70 Å². The second kappa shape index (κ2) is 5.30. The van der Waals surface area contributed by atoms with Crippen LogP contribution in [0.25, 0.3) is 0 Å². The second-order valence-corrected chi connectivity index (χ2v) is 4.28. The lowest BCUT2D eigenvalue weighted by molar-refractivity contribution is 0.338. The van der Waals surface area contributed by atoms with E-state index in [1.54, 1.807) is 0 Å². The first-order valence-electron chi connectivity index (χ1n) is 5.77. The third-order valence-corrected chi connectivity index (χ3v) is 2.90. The zero-order valence-electron chi connectivity index (χ0n) is 10.0. The van der Waals surface area contributed by atoms with Crippen LogP contribution < -0.4 is 11.3 Å². The summed E-state index contributed by atoms with van der Waals surface area (Å²) in [4.78, 5) is 3.99. The number of aliphatic imine (C=N–C) groups is 1. The van der Waals surface area contributed by atoms with Crippen molar-refractivity contribution in [3.63, 3.8) is 0 Å². The molecule has 0 aromatic carbocycles. The van der Waals surface area contributed by atoms with E-state index in [2.05, 4.69) is 10.4 Å². The number of hydrogen-bond acceptors (Lipinski definition) is 4. The molecule has 0 amide bonds. The minimum absolute atomic E-state index is 0.0711. The molecule has 1 aliphatic carbocycles. The summed E-state index contributed by atoms with van der Waals surface area (Å²) >= 11 is 0. The molecule has 98 valence electrons. The smallest absolute Gasteiger partial charge is 0.195 e. The van der Waals surface area contributed by atoms with Crippen LogP contribution in [0, 0.1) is 5.92 Å². The monoisotopic (exact) mass is 255 g/mol. The van der Waals surface area contributed by atoms with Crippen molar-refractivity contribution in [2.45, 2.75) is 26.2 Å². The summed E-state index contributed by atoms with van der Waals surface area (Å²) in [6, 6.07) is 0. The van der Waals surface area contributed by atoms with Crippen molar-refractivity contribution in [3.05, 3.63) is 35.4 Å². The molecule has 1 unspecified atom stereocenters. The van der Waals surface area contributed by atoms with Gasteiger partial charge in [0.05, 0.1) is 6.20 Å². The Morgan fingerprint density at radius 1 is 1.50 bits per heavy atom. The Labute approximate surface area is 104 Å². The molecule has 1 aliphatic heterocycles. The van der Waals surface area contributed by atoms with Crippen LogP contribution in [0.5, 0.6) is 0 Å². The Morgan fingerprint density at radius 2 is 2.28 bits per heavy atom. The van der Waals surface area contributed by atoms with E-state index in [1.807, 2.05) is 6.92 Å². The molecule has 6 heteroatoms. The van der Waals surface area contributed by atoms with Crippen molar-refractivity contribution in [2.75, 3.05) is 0 Å². The number of ether oxygens (including phenoxy) is 1. The highest BCUT2D eigenvalue weighted by atomic mass is 19.1. The number of nitrogens with one attached hydrogen (secondary N) is 1. The first-order valence-corrected chi connectivity index (χ1v) is 5.77. The van der Waals surface area contributed by atoms with Gasteiger partial charge in [-0.3, -0.25) is 5.84 Å². The highest BCUT2D eigenvalue weighted by Gasteiger charge is 2.23. The first-order chi connectivity index (χ1) is 8.61. The molecule has 0 saturated heterocycles. The quantitative estimate of drug-likeness (QED) is 0.589. The van der Waals surface area contributed by atoms with Crippen LogP contribution in [0.2, 0.25) is 0 Å². The van der Waals surface area contributed by atoms with Crippen LogP contribution in [-0.4, -0.2) is 5.90 Å². The number of rotatable bonds is 2. The molecule has 1 atom stereocenters. The molecular weight excluding hydrogens is 240 g/mol. The molecule has 3 N–H and O–H groups in total. The molecule has 1 heterocycles. The molecule has 0 bridgehead atoms. The van der Waals surface area contributed by atoms with Gasteiger partial charge < -0.3 is 10.2 Å². The lowest BCUT2D eigenvalue weighted by Crippen LogP contribution is -2.29. The third-order valence-electron chi connectivity index (χ3n) is 2.90. The number of nitrogens with zero attached hydrogens (tertiary/aromatic N) is 1. The summed E-state index contributed by atoms with van der Waals surface area (Å²) in [5.74, 6) is 4.08. The summed E-state index contributed by atoms with van der Waals surface area (Å²) in [6.07, 6.45) is 3.78. The molecule has 18 heavy (non-hydrogen) atoms. The van der Waals surface area contributed by atoms with E-state index < -0.39 is 11.7 Å². The predicted molar refractivity (Wildman–Crippen MR) is 64.3 cm³/mol. The Balaban J connectivity index is 2.14. The molecule has 2 aliphatic rings. The number of hydrazine groups is 1. The van der Waals surface area contributed by atoms with Crippen molar-refractivity contribution in [1.29, 1.82) is 0 Å². The van der Waals surface area contributed by atoms with Crippen LogP contribution in [0.4, 0.5) is 8.78 Å². The Hall–Kier alpha value is -1.69. The van der Waals surface area contributed by atoms with Gasteiger partial charge in [-0.15, -0.1) is 0 Å². The molecule has 0 aromatic rings. The average Bonchev–Trinajstić information content (AvgIpc) is 2.34. The van der Waals surface area contributed by atoms with Crippen LogP contribution in [0.15, 0.2) is 40.4 Å². The number of allylic oxidation sites excluding steroid dienone is 4. The molecule has 0 radical (unpaired) electrons. The van der Waals surface area contributed by atoms with E-state index in [-0.39, 0.29) is 24.0 Å². The van der Waals surface area contributed by atoms with E-state index in [4.69, 9.17) is 10.6 Å². The van der Waals surface area contributed by atoms with E-state index in [0.29, 0.717) is 12.8 Å². The molecular formula is C12H15F2N3O. The lowest BCUT2D eigenvalue weighted by Gasteiger charge is -2.21. The molecule has 0 saturated carbocycles. The fourth-order valence-electron chi connectivity index (χ4n) is 1.82. The highest BCUT2D eigenvalue weighted by Crippen LogP contribution is 2.29. The van der Waals surface area contributed by atoms with Gasteiger partial charge in [0.2, 0.25) is 0 Å². The van der Waals surface area contributed by atoms with Crippen LogP contribution in [0.3, 0.4) is 0 Å². The number of hydrogen-bond donors (Lipinski definition) is 2. The average molecular weight is 255 g/mol. The van der Waals surface area contributed by atoms with Gasteiger partial charge in [0.15, 0.2) is 17.5 Å². The summed E-state index contributed by atoms with van der Waals surface area (Å²) in [5.41, 5.74) is 3.28. The van der Waals surface area contributed by atoms with Crippen LogP contribution >= 0.6 is 0 Å². The molecule has 0 spiro atoms. The van der Waals surface area contributed by atoms with Gasteiger partial charge in [-0.1, -0.05) is 6.92 Å². The van der Waals surface area contributed by atoms with E-state index in [9.17, 15) is 8.78 Å². The van der Waals surface area contributed by atoms with E-state index in [1.165, 1.54) is 12.3 Å². The molecule has 4 nitrogen and oxygen atoms in total. The molecule has 0 fully saturated rings. The number of nitrogens with two attached hydrogens (primary N) is 1. The molecule has 2 rings (SSSR count). The first kappa shape index (κ1) is 12.8. The Morgan fingerprint density at radius 3 is 2.89 bits per heavy atom. The maximum absolute atomic E-state index is 13.5. The lowest BCUT2D eigenvalue weighted by atomic mass is 10.0. The van der Waals surface area contributed by atoms with Crippen molar-refractivity contribution < 1.29 is 13.5 Å². The van der Waals surface area contributed by atoms with Crippen molar-refractivity contribution in [3.8, 4) is 0 Å². The van der Waals surface area contributed by atoms with Gasteiger partial charge in [-0.25, -0.2) is 13.8 Å². The maximum atomic E-state index is 13.5. The largest absolute Gasteiger partial charge is 0.437 e. The normalized spacial score (nSPS) is 24.2. The topological polar surface area (TPSA) is 59.6 Å². The van der Waals surface area contributed by atoms with Crippen LogP contribution in [-0.2, 0) is 4.74 Å². The predicted octanol–water partition coefficient (Wildman–Crippen LogP) is 2.57. The SMILES string of the molecule is CC1CC(OC2=C(F)CCC=C2F)=NC=C1NN. The van der Waals surface area contributed by atoms with Crippen LogP contribution in [0.1, 0.15) is 26.2 Å². The Kier molecular flexibility index (Phi) is 3.76. The second-order valence-electron chi connectivity index (χ2n) is 4.28. The maximum Gasteiger partial charge on any atom is 0.195 e. The van der Waals surface area contributed by atoms with Crippen molar-refractivity contribution >= 4 is 5.90 Å². The highest BCUT2D eigenvalue weighted by molar-refractivity contribution is 5.79. The summed E-state index contributed by atoms with van der Waals surface area (Å²) in [6.45, 7) is 1.92. The number of halogens is 2. The minimum Gasteiger partial charge on any atom is -0.437 e. The summed E-state index contributed by atoms with van der Waals surface area (Å²) < 4.78 is 32.1. The van der Waals surface area contributed by atoms with Gasteiger partial charge in [-0.2, -0.15) is 0 Å². The zero-order chi connectivity index (χ0) is 13.1.